The van der Waals surface area contributed by atoms with E-state index in [1.165, 1.54) is 41.8 Å². The number of carboxylic acids is 1. The fourth-order valence-electron chi connectivity index (χ4n) is 5.97. The highest BCUT2D eigenvalue weighted by Gasteiger charge is 2.28. The van der Waals surface area contributed by atoms with E-state index >= 15 is 0 Å². The molecule has 180 valence electrons. The molecule has 0 saturated carbocycles. The van der Waals surface area contributed by atoms with Gasteiger partial charge in [-0.05, 0) is 84.5 Å². The Morgan fingerprint density at radius 3 is 2.80 bits per heavy atom. The molecule has 1 atom stereocenters. The molecule has 2 aromatic heterocycles. The molecule has 6 rings (SSSR count). The molecule has 4 aromatic rings. The van der Waals surface area contributed by atoms with E-state index in [1.54, 1.807) is 15.1 Å². The van der Waals surface area contributed by atoms with Gasteiger partial charge in [0, 0.05) is 30.9 Å². The van der Waals surface area contributed by atoms with Crippen molar-refractivity contribution in [3.63, 3.8) is 0 Å². The number of carboxylic acid groups (broad SMARTS) is 1. The maximum absolute atomic E-state index is 12.0. The highest BCUT2D eigenvalue weighted by atomic mass is 32.1. The zero-order chi connectivity index (χ0) is 24.1. The summed E-state index contributed by atoms with van der Waals surface area (Å²) in [6.45, 7) is 3.88. The number of benzene rings is 2. The number of hydrogen-bond acceptors (Lipinski definition) is 5. The monoisotopic (exact) mass is 486 g/mol. The van der Waals surface area contributed by atoms with Gasteiger partial charge in [0.15, 0.2) is 0 Å². The first kappa shape index (κ1) is 22.3. The Labute approximate surface area is 209 Å². The van der Waals surface area contributed by atoms with Crippen LogP contribution in [0.5, 0.6) is 0 Å². The van der Waals surface area contributed by atoms with Gasteiger partial charge < -0.3 is 10.0 Å². The maximum Gasteiger partial charge on any atom is 0.304 e. The summed E-state index contributed by atoms with van der Waals surface area (Å²) in [5, 5.41) is 19.8. The summed E-state index contributed by atoms with van der Waals surface area (Å²) < 4.78 is 1.76. The molecule has 2 aromatic carbocycles. The van der Waals surface area contributed by atoms with Gasteiger partial charge in [0.2, 0.25) is 0 Å². The molecule has 0 bridgehead atoms. The molecule has 7 heteroatoms. The van der Waals surface area contributed by atoms with E-state index in [-0.39, 0.29) is 12.3 Å². The van der Waals surface area contributed by atoms with Crippen LogP contribution in [0.25, 0.3) is 11.0 Å². The van der Waals surface area contributed by atoms with Gasteiger partial charge in [-0.2, -0.15) is 0 Å². The molecule has 0 fully saturated rings. The first-order valence-corrected chi connectivity index (χ1v) is 13.3. The molecule has 0 spiro atoms. The second-order valence-corrected chi connectivity index (χ2v) is 11.0. The Morgan fingerprint density at radius 1 is 1.11 bits per heavy atom. The van der Waals surface area contributed by atoms with Crippen LogP contribution < -0.4 is 4.90 Å². The van der Waals surface area contributed by atoms with Gasteiger partial charge in [-0.15, -0.1) is 16.4 Å². The third-order valence-corrected chi connectivity index (χ3v) is 9.10. The highest BCUT2D eigenvalue weighted by molar-refractivity contribution is 7.16. The first-order chi connectivity index (χ1) is 17.0. The van der Waals surface area contributed by atoms with Crippen molar-refractivity contribution in [3.05, 3.63) is 74.7 Å². The van der Waals surface area contributed by atoms with Crippen LogP contribution >= 0.6 is 11.3 Å². The van der Waals surface area contributed by atoms with Crippen molar-refractivity contribution in [1.29, 1.82) is 0 Å². The van der Waals surface area contributed by atoms with Crippen molar-refractivity contribution in [2.24, 2.45) is 7.05 Å². The molecule has 0 radical (unpaired) electrons. The molecule has 0 saturated heterocycles. The molecule has 2 aliphatic rings. The van der Waals surface area contributed by atoms with Crippen LogP contribution in [-0.2, 0) is 37.6 Å². The minimum atomic E-state index is -0.784. The van der Waals surface area contributed by atoms with Gasteiger partial charge in [-0.3, -0.25) is 4.79 Å². The Morgan fingerprint density at radius 2 is 1.97 bits per heavy atom. The number of thiophene rings is 1. The third-order valence-electron chi connectivity index (χ3n) is 7.81. The van der Waals surface area contributed by atoms with Crippen LogP contribution in [-0.4, -0.2) is 32.6 Å². The largest absolute Gasteiger partial charge is 0.481 e. The van der Waals surface area contributed by atoms with Crippen molar-refractivity contribution in [2.45, 2.75) is 57.9 Å². The van der Waals surface area contributed by atoms with Crippen LogP contribution in [0.3, 0.4) is 0 Å². The number of carbonyl (C=O) groups is 1. The minimum Gasteiger partial charge on any atom is -0.481 e. The van der Waals surface area contributed by atoms with Gasteiger partial charge in [0.1, 0.15) is 5.52 Å². The molecular formula is C28H30N4O2S. The van der Waals surface area contributed by atoms with Crippen LogP contribution in [0.1, 0.15) is 63.4 Å². The lowest BCUT2D eigenvalue weighted by Gasteiger charge is -2.32. The summed E-state index contributed by atoms with van der Waals surface area (Å²) in [5.74, 6) is -0.998. The Bertz CT molecular complexity index is 1410. The van der Waals surface area contributed by atoms with Gasteiger partial charge in [0.05, 0.1) is 16.9 Å². The van der Waals surface area contributed by atoms with Crippen molar-refractivity contribution in [2.75, 3.05) is 11.4 Å². The second kappa shape index (κ2) is 8.79. The van der Waals surface area contributed by atoms with E-state index in [9.17, 15) is 9.90 Å². The minimum absolute atomic E-state index is 0.0599. The first-order valence-electron chi connectivity index (χ1n) is 12.5. The summed E-state index contributed by atoms with van der Waals surface area (Å²) in [5.41, 5.74) is 9.17. The number of aromatic nitrogens is 3. The zero-order valence-corrected chi connectivity index (χ0v) is 21.1. The molecule has 1 aliphatic heterocycles. The number of hydrogen-bond donors (Lipinski definition) is 1. The van der Waals surface area contributed by atoms with E-state index in [2.05, 4.69) is 45.5 Å². The number of nitrogens with zero attached hydrogens (tertiary/aromatic N) is 4. The Hall–Kier alpha value is -3.19. The standard InChI is InChI=1S/C28H30N4O2S/c1-17-20(10-11-24-28(17)29-30-31(24)2)23(15-27(33)34)22-8-5-7-19-16-32(13-12-21(19)22)26-14-18-6-3-4-9-25(18)35-26/h5,7-8,10-11,14,23H,3-4,6,9,12-13,15-16H2,1-2H3,(H,33,34). The third kappa shape index (κ3) is 3.92. The number of aliphatic carboxylic acids is 1. The predicted molar refractivity (Wildman–Crippen MR) is 139 cm³/mol. The lowest BCUT2D eigenvalue weighted by Crippen LogP contribution is -2.31. The van der Waals surface area contributed by atoms with Crippen LogP contribution in [0.15, 0.2) is 36.4 Å². The van der Waals surface area contributed by atoms with Crippen molar-refractivity contribution < 1.29 is 9.90 Å². The maximum atomic E-state index is 12.0. The van der Waals surface area contributed by atoms with Crippen molar-refractivity contribution >= 4 is 33.3 Å². The summed E-state index contributed by atoms with van der Waals surface area (Å²) in [6.07, 6.45) is 6.04. The van der Waals surface area contributed by atoms with E-state index < -0.39 is 5.97 Å². The fraction of sp³-hybridized carbons (Fsp3) is 0.393. The molecule has 1 N–H and O–H groups in total. The molecule has 0 amide bonds. The van der Waals surface area contributed by atoms with E-state index in [0.717, 1.165) is 47.2 Å². The highest BCUT2D eigenvalue weighted by Crippen LogP contribution is 2.40. The molecule has 1 unspecified atom stereocenters. The zero-order valence-electron chi connectivity index (χ0n) is 20.3. The summed E-state index contributed by atoms with van der Waals surface area (Å²) in [7, 11) is 1.88. The van der Waals surface area contributed by atoms with Crippen LogP contribution in [0, 0.1) is 6.92 Å². The van der Waals surface area contributed by atoms with Gasteiger partial charge in [0.25, 0.3) is 0 Å². The SMILES string of the molecule is Cc1c(C(CC(=O)O)c2cccc3c2CCN(c2cc4c(s2)CCCC4)C3)ccc2c1nnn2C. The summed E-state index contributed by atoms with van der Waals surface area (Å²) in [4.78, 5) is 16.1. The topological polar surface area (TPSA) is 71.2 Å². The van der Waals surface area contributed by atoms with Crippen LogP contribution in [0.2, 0.25) is 0 Å². The average Bonchev–Trinajstić information content (AvgIpc) is 3.46. The number of rotatable bonds is 5. The number of fused-ring (bicyclic) bond motifs is 3. The van der Waals surface area contributed by atoms with E-state index in [0.29, 0.717) is 0 Å². The lowest BCUT2D eigenvalue weighted by molar-refractivity contribution is -0.137. The predicted octanol–water partition coefficient (Wildman–Crippen LogP) is 5.39. The normalized spacial score (nSPS) is 16.2. The molecule has 1 aliphatic carbocycles. The van der Waals surface area contributed by atoms with Crippen LogP contribution in [0.4, 0.5) is 5.00 Å². The smallest absolute Gasteiger partial charge is 0.304 e. The summed E-state index contributed by atoms with van der Waals surface area (Å²) in [6, 6.07) is 13.0. The summed E-state index contributed by atoms with van der Waals surface area (Å²) >= 11 is 1.97. The number of anilines is 1. The van der Waals surface area contributed by atoms with Gasteiger partial charge in [-0.1, -0.05) is 29.5 Å². The Kier molecular flexibility index (Phi) is 5.60. The molecular weight excluding hydrogens is 456 g/mol. The van der Waals surface area contributed by atoms with Gasteiger partial charge >= 0.3 is 5.97 Å². The van der Waals surface area contributed by atoms with Crippen molar-refractivity contribution in [1.82, 2.24) is 15.0 Å². The van der Waals surface area contributed by atoms with Crippen molar-refractivity contribution in [3.8, 4) is 0 Å². The molecule has 35 heavy (non-hydrogen) atoms. The lowest BCUT2D eigenvalue weighted by atomic mass is 9.80. The average molecular weight is 487 g/mol. The molecule has 3 heterocycles. The molecule has 6 nitrogen and oxygen atoms in total. The van der Waals surface area contributed by atoms with E-state index in [1.807, 2.05) is 31.4 Å². The second-order valence-electron chi connectivity index (χ2n) is 9.91. The van der Waals surface area contributed by atoms with E-state index in [4.69, 9.17) is 0 Å². The van der Waals surface area contributed by atoms with Gasteiger partial charge in [-0.25, -0.2) is 4.68 Å². The fourth-order valence-corrected chi connectivity index (χ4v) is 7.25. The Balaban J connectivity index is 1.37. The quantitative estimate of drug-likeness (QED) is 0.410. The number of aryl methyl sites for hydroxylation is 4.